The third kappa shape index (κ3) is 5.19. The van der Waals surface area contributed by atoms with Gasteiger partial charge in [0, 0.05) is 0 Å². The molecule has 0 bridgehead atoms. The van der Waals surface area contributed by atoms with Gasteiger partial charge in [-0.15, -0.1) is 5.06 Å². The van der Waals surface area contributed by atoms with Gasteiger partial charge >= 0.3 is 11.9 Å². The third-order valence-electron chi connectivity index (χ3n) is 3.40. The first-order valence-corrected chi connectivity index (χ1v) is 7.49. The van der Waals surface area contributed by atoms with E-state index in [1.165, 1.54) is 0 Å². The molecule has 0 aliphatic carbocycles. The van der Waals surface area contributed by atoms with Crippen molar-refractivity contribution in [3.05, 3.63) is 71.8 Å². The first kappa shape index (κ1) is 17.7. The molecule has 0 heterocycles. The van der Waals surface area contributed by atoms with Crippen LogP contribution in [0.15, 0.2) is 60.7 Å². The third-order valence-corrected chi connectivity index (χ3v) is 3.40. The molecule has 6 nitrogen and oxygen atoms in total. The monoisotopic (exact) mass is 329 g/mol. The predicted molar refractivity (Wildman–Crippen MR) is 86.7 cm³/mol. The van der Waals surface area contributed by atoms with E-state index in [-0.39, 0.29) is 13.0 Å². The number of carboxylic acids is 1. The number of hydrogen-bond donors (Lipinski definition) is 2. The van der Waals surface area contributed by atoms with E-state index in [4.69, 9.17) is 4.84 Å². The van der Waals surface area contributed by atoms with Crippen LogP contribution in [0.1, 0.15) is 11.1 Å². The molecule has 0 spiro atoms. The van der Waals surface area contributed by atoms with E-state index in [9.17, 15) is 19.8 Å². The van der Waals surface area contributed by atoms with Gasteiger partial charge in [-0.3, -0.25) is 4.79 Å². The first-order chi connectivity index (χ1) is 11.6. The fraction of sp³-hybridized carbons (Fsp3) is 0.222. The van der Waals surface area contributed by atoms with Gasteiger partial charge in [0.25, 0.3) is 0 Å². The van der Waals surface area contributed by atoms with E-state index in [1.807, 2.05) is 12.1 Å². The molecular weight excluding hydrogens is 310 g/mol. The second kappa shape index (κ2) is 8.81. The van der Waals surface area contributed by atoms with E-state index >= 15 is 0 Å². The van der Waals surface area contributed by atoms with Gasteiger partial charge in [-0.25, -0.2) is 4.79 Å². The zero-order valence-corrected chi connectivity index (χ0v) is 13.0. The summed E-state index contributed by atoms with van der Waals surface area (Å²) in [4.78, 5) is 28.7. The second-order valence-corrected chi connectivity index (χ2v) is 5.22. The lowest BCUT2D eigenvalue weighted by Gasteiger charge is -2.26. The van der Waals surface area contributed by atoms with Gasteiger partial charge in [0.05, 0.1) is 19.6 Å². The van der Waals surface area contributed by atoms with Crippen molar-refractivity contribution in [3.63, 3.8) is 0 Å². The minimum absolute atomic E-state index is 0.0178. The number of carboxylic acid groups (broad SMARTS) is 1. The molecule has 0 saturated carbocycles. The van der Waals surface area contributed by atoms with Crippen LogP contribution in [0, 0.1) is 0 Å². The molecule has 0 aliphatic rings. The number of aliphatic carboxylic acids is 1. The van der Waals surface area contributed by atoms with Gasteiger partial charge in [0.15, 0.2) is 6.04 Å². The summed E-state index contributed by atoms with van der Waals surface area (Å²) >= 11 is 0. The Kier molecular flexibility index (Phi) is 6.48. The summed E-state index contributed by atoms with van der Waals surface area (Å²) < 4.78 is 0. The number of rotatable bonds is 8. The van der Waals surface area contributed by atoms with Crippen molar-refractivity contribution in [2.75, 3.05) is 6.61 Å². The highest BCUT2D eigenvalue weighted by molar-refractivity contribution is 5.75. The maximum absolute atomic E-state index is 12.1. The average Bonchev–Trinajstić information content (AvgIpc) is 2.56. The molecule has 2 rings (SSSR count). The fourth-order valence-electron chi connectivity index (χ4n) is 2.19. The molecule has 0 aliphatic heterocycles. The summed E-state index contributed by atoms with van der Waals surface area (Å²) in [5, 5.41) is 19.6. The number of aliphatic hydroxyl groups is 1. The molecule has 2 aromatic carbocycles. The van der Waals surface area contributed by atoms with E-state index in [0.29, 0.717) is 0 Å². The average molecular weight is 329 g/mol. The van der Waals surface area contributed by atoms with Crippen LogP contribution in [0.25, 0.3) is 0 Å². The molecular formula is C18H19NO5. The maximum atomic E-state index is 12.1. The summed E-state index contributed by atoms with van der Waals surface area (Å²) in [7, 11) is 0. The van der Waals surface area contributed by atoms with E-state index < -0.39 is 24.6 Å². The van der Waals surface area contributed by atoms with Gasteiger partial charge in [0.1, 0.15) is 0 Å². The summed E-state index contributed by atoms with van der Waals surface area (Å²) in [6, 6.07) is 16.7. The largest absolute Gasteiger partial charge is 0.480 e. The Balaban J connectivity index is 2.09. The van der Waals surface area contributed by atoms with Gasteiger partial charge < -0.3 is 15.1 Å². The molecule has 1 atom stereocenters. The Morgan fingerprint density at radius 3 is 2.00 bits per heavy atom. The quantitative estimate of drug-likeness (QED) is 0.716. The highest BCUT2D eigenvalue weighted by Crippen LogP contribution is 2.11. The first-order valence-electron chi connectivity index (χ1n) is 7.49. The molecule has 0 radical (unpaired) electrons. The number of nitrogens with zero attached hydrogens (tertiary/aromatic N) is 1. The molecule has 0 saturated heterocycles. The molecule has 0 amide bonds. The molecule has 0 aromatic heterocycles. The standard InChI is InChI=1S/C18H19NO5/c20-13-16(18(22)23)19(12-15-9-5-2-6-10-15)24-17(21)11-14-7-3-1-4-8-14/h1-10,16,20H,11-13H2,(H,22,23)/t16-/m0/s1. The van der Waals surface area contributed by atoms with Gasteiger partial charge in [0.2, 0.25) is 0 Å². The number of carbonyl (C=O) groups excluding carboxylic acids is 1. The summed E-state index contributed by atoms with van der Waals surface area (Å²) in [6.07, 6.45) is 0.0178. The minimum Gasteiger partial charge on any atom is -0.480 e. The Labute approximate surface area is 139 Å². The van der Waals surface area contributed by atoms with Gasteiger partial charge in [-0.05, 0) is 11.1 Å². The van der Waals surface area contributed by atoms with E-state index in [1.54, 1.807) is 48.5 Å². The van der Waals surface area contributed by atoms with Crippen LogP contribution >= 0.6 is 0 Å². The Hall–Kier alpha value is -2.70. The number of hydroxylamine groups is 2. The van der Waals surface area contributed by atoms with E-state index in [0.717, 1.165) is 16.2 Å². The van der Waals surface area contributed by atoms with Crippen LogP contribution in [0.2, 0.25) is 0 Å². The lowest BCUT2D eigenvalue weighted by molar-refractivity contribution is -0.212. The molecule has 2 N–H and O–H groups in total. The van der Waals surface area contributed by atoms with Crippen LogP contribution in [0.5, 0.6) is 0 Å². The maximum Gasteiger partial charge on any atom is 0.329 e. The molecule has 2 aromatic rings. The van der Waals surface area contributed by atoms with Crippen molar-refractivity contribution >= 4 is 11.9 Å². The Bertz CT molecular complexity index is 660. The molecule has 6 heteroatoms. The van der Waals surface area contributed by atoms with Crippen LogP contribution < -0.4 is 0 Å². The Morgan fingerprint density at radius 2 is 1.50 bits per heavy atom. The van der Waals surface area contributed by atoms with Crippen LogP contribution in [-0.4, -0.2) is 39.9 Å². The molecule has 0 unspecified atom stereocenters. The zero-order chi connectivity index (χ0) is 17.4. The lowest BCUT2D eigenvalue weighted by Crippen LogP contribution is -2.44. The topological polar surface area (TPSA) is 87.1 Å². The number of carbonyl (C=O) groups is 2. The Morgan fingerprint density at radius 1 is 0.958 bits per heavy atom. The SMILES string of the molecule is O=C(Cc1ccccc1)ON(Cc1ccccc1)[C@@H](CO)C(=O)O. The normalized spacial score (nSPS) is 11.9. The summed E-state index contributed by atoms with van der Waals surface area (Å²) in [6.45, 7) is -0.598. The summed E-state index contributed by atoms with van der Waals surface area (Å²) in [5.74, 6) is -1.85. The number of benzene rings is 2. The highest BCUT2D eigenvalue weighted by atomic mass is 16.7. The second-order valence-electron chi connectivity index (χ2n) is 5.22. The van der Waals surface area contributed by atoms with Crippen molar-refractivity contribution in [1.29, 1.82) is 0 Å². The fourth-order valence-corrected chi connectivity index (χ4v) is 2.19. The van der Waals surface area contributed by atoms with Crippen molar-refractivity contribution < 1.29 is 24.6 Å². The van der Waals surface area contributed by atoms with E-state index in [2.05, 4.69) is 0 Å². The molecule has 24 heavy (non-hydrogen) atoms. The highest BCUT2D eigenvalue weighted by Gasteiger charge is 2.28. The molecule has 126 valence electrons. The zero-order valence-electron chi connectivity index (χ0n) is 13.0. The number of aliphatic hydroxyl groups excluding tert-OH is 1. The van der Waals surface area contributed by atoms with Crippen molar-refractivity contribution in [1.82, 2.24) is 5.06 Å². The van der Waals surface area contributed by atoms with Crippen LogP contribution in [0.3, 0.4) is 0 Å². The van der Waals surface area contributed by atoms with Gasteiger partial charge in [-0.1, -0.05) is 60.7 Å². The van der Waals surface area contributed by atoms with Gasteiger partial charge in [-0.2, -0.15) is 0 Å². The van der Waals surface area contributed by atoms with Crippen LogP contribution in [-0.2, 0) is 27.4 Å². The summed E-state index contributed by atoms with van der Waals surface area (Å²) in [5.41, 5.74) is 1.53. The number of hydrogen-bond acceptors (Lipinski definition) is 5. The predicted octanol–water partition coefficient (Wildman–Crippen LogP) is 1.63. The molecule has 0 fully saturated rings. The lowest BCUT2D eigenvalue weighted by atomic mass is 10.2. The smallest absolute Gasteiger partial charge is 0.329 e. The minimum atomic E-state index is -1.33. The van der Waals surface area contributed by atoms with Crippen molar-refractivity contribution in [2.45, 2.75) is 19.0 Å². The van der Waals surface area contributed by atoms with Crippen molar-refractivity contribution in [2.24, 2.45) is 0 Å². The van der Waals surface area contributed by atoms with Crippen molar-refractivity contribution in [3.8, 4) is 0 Å². The van der Waals surface area contributed by atoms with Crippen LogP contribution in [0.4, 0.5) is 0 Å².